The van der Waals surface area contributed by atoms with E-state index in [0.29, 0.717) is 0 Å². The van der Waals surface area contributed by atoms with Gasteiger partial charge in [0.2, 0.25) is 0 Å². The number of hydrogen-bond acceptors (Lipinski definition) is 0. The van der Waals surface area contributed by atoms with Crippen molar-refractivity contribution in [3.8, 4) is 0 Å². The molecule has 0 bridgehead atoms. The molecule has 0 aromatic rings. The van der Waals surface area contributed by atoms with Gasteiger partial charge in [-0.2, -0.15) is 0 Å². The van der Waals surface area contributed by atoms with E-state index < -0.39 is 0 Å². The minimum absolute atomic E-state index is 1.38. The summed E-state index contributed by atoms with van der Waals surface area (Å²) in [5.41, 5.74) is 1.38. The van der Waals surface area contributed by atoms with E-state index >= 15 is 0 Å². The zero-order chi connectivity index (χ0) is 4.28. The van der Waals surface area contributed by atoms with Gasteiger partial charge in [0, 0.05) is 0 Å². The third-order valence-corrected chi connectivity index (χ3v) is 0.577. The van der Waals surface area contributed by atoms with Crippen LogP contribution in [0.5, 0.6) is 0 Å². The Labute approximate surface area is 42.5 Å². The Kier molecular flexibility index (Phi) is 2.74. The molecule has 0 heterocycles. The zero-order valence-corrected chi connectivity index (χ0v) is 4.08. The van der Waals surface area contributed by atoms with Gasteiger partial charge in [0.05, 0.1) is 0 Å². The standard InChI is InChI=1S/C4H7.Li/c1-4(2)3;/h1H,2-3H3;. The van der Waals surface area contributed by atoms with E-state index in [2.05, 4.69) is 18.6 Å². The first-order chi connectivity index (χ1) is 2.27. The molecule has 0 aliphatic heterocycles. The van der Waals surface area contributed by atoms with Crippen LogP contribution in [0.3, 0.4) is 0 Å². The van der Waals surface area contributed by atoms with E-state index in [-0.39, 0.29) is 0 Å². The molecule has 24 valence electrons. The van der Waals surface area contributed by atoms with Crippen molar-refractivity contribution in [3.05, 3.63) is 10.3 Å². The van der Waals surface area contributed by atoms with Crippen molar-refractivity contribution < 1.29 is 0 Å². The van der Waals surface area contributed by atoms with Crippen LogP contribution in [-0.2, 0) is 0 Å². The second-order valence-corrected chi connectivity index (χ2v) is 1.37. The van der Waals surface area contributed by atoms with Crippen LogP contribution in [0.25, 0.3) is 0 Å². The fourth-order valence-electron chi connectivity index (χ4n) is 0. The third kappa shape index (κ3) is 4.34. The first-order valence-corrected chi connectivity index (χ1v) is 1.87. The molecule has 0 atom stereocenters. The molecule has 0 saturated carbocycles. The van der Waals surface area contributed by atoms with E-state index in [9.17, 15) is 0 Å². The van der Waals surface area contributed by atoms with Crippen LogP contribution < -0.4 is 0 Å². The molecule has 0 spiro atoms. The van der Waals surface area contributed by atoms with Crippen LogP contribution in [-0.4, -0.2) is 17.7 Å². The summed E-state index contributed by atoms with van der Waals surface area (Å²) in [6.07, 6.45) is 0. The van der Waals surface area contributed by atoms with Crippen LogP contribution >= 0.6 is 0 Å². The van der Waals surface area contributed by atoms with Gasteiger partial charge in [-0.3, -0.25) is 0 Å². The van der Waals surface area contributed by atoms with Gasteiger partial charge in [0.25, 0.3) is 0 Å². The van der Waals surface area contributed by atoms with Gasteiger partial charge in [-0.1, -0.05) is 0 Å². The fourth-order valence-corrected chi connectivity index (χ4v) is 0. The minimum atomic E-state index is 1.38. The summed E-state index contributed by atoms with van der Waals surface area (Å²) in [5, 5.41) is 0. The normalized spacial score (nSPS) is 7.20. The Morgan fingerprint density at radius 2 is 1.80 bits per heavy atom. The predicted molar refractivity (Wildman–Crippen MR) is 25.2 cm³/mol. The number of rotatable bonds is 0. The maximum atomic E-state index is 2.08. The third-order valence-electron chi connectivity index (χ3n) is 0.577. The van der Waals surface area contributed by atoms with Gasteiger partial charge in [0.1, 0.15) is 0 Å². The monoisotopic (exact) mass is 62.1 g/mol. The topological polar surface area (TPSA) is 0 Å². The van der Waals surface area contributed by atoms with Gasteiger partial charge in [-0.05, 0) is 0 Å². The Bertz CT molecular complexity index is 41.6. The molecule has 0 amide bonds. The van der Waals surface area contributed by atoms with Crippen LogP contribution in [0, 0.1) is 0 Å². The first-order valence-electron chi connectivity index (χ1n) is 1.87. The molecule has 0 nitrogen and oxygen atoms in total. The van der Waals surface area contributed by atoms with Crippen LogP contribution in [0.2, 0.25) is 0 Å². The Morgan fingerprint density at radius 1 is 1.60 bits per heavy atom. The second kappa shape index (κ2) is 2.57. The van der Waals surface area contributed by atoms with Gasteiger partial charge in [0.15, 0.2) is 0 Å². The van der Waals surface area contributed by atoms with Crippen LogP contribution in [0.4, 0.5) is 0 Å². The summed E-state index contributed by atoms with van der Waals surface area (Å²) in [6.45, 7) is 4.17. The van der Waals surface area contributed by atoms with Crippen molar-refractivity contribution >= 4 is 17.7 Å². The molecule has 0 aromatic carbocycles. The summed E-state index contributed by atoms with van der Waals surface area (Å²) >= 11 is 2.04. The average molecular weight is 62.0 g/mol. The summed E-state index contributed by atoms with van der Waals surface area (Å²) in [6, 6.07) is 0. The van der Waals surface area contributed by atoms with Gasteiger partial charge in [-0.15, -0.1) is 0 Å². The van der Waals surface area contributed by atoms with E-state index in [1.165, 1.54) is 5.57 Å². The molecule has 0 fully saturated rings. The first kappa shape index (κ1) is 5.34. The summed E-state index contributed by atoms with van der Waals surface area (Å²) < 4.78 is 2.08. The summed E-state index contributed by atoms with van der Waals surface area (Å²) in [7, 11) is 0. The summed E-state index contributed by atoms with van der Waals surface area (Å²) in [5.74, 6) is 0. The van der Waals surface area contributed by atoms with Crippen molar-refractivity contribution in [1.82, 2.24) is 0 Å². The number of allylic oxidation sites excluding steroid dienone is 1. The van der Waals surface area contributed by atoms with E-state index in [0.717, 1.165) is 0 Å². The van der Waals surface area contributed by atoms with Crippen molar-refractivity contribution in [3.63, 3.8) is 0 Å². The Hall–Kier alpha value is 0.337. The van der Waals surface area contributed by atoms with E-state index in [1.54, 1.807) is 0 Å². The van der Waals surface area contributed by atoms with Crippen molar-refractivity contribution in [1.29, 1.82) is 0 Å². The van der Waals surface area contributed by atoms with Gasteiger partial charge in [-0.25, -0.2) is 0 Å². The molecule has 0 unspecified atom stereocenters. The Balaban J connectivity index is 3.14. The average Bonchev–Trinajstić information content (AvgIpc) is 1.38. The molecule has 0 aliphatic carbocycles. The van der Waals surface area contributed by atoms with Gasteiger partial charge >= 0.3 is 41.9 Å². The molecule has 0 aromatic heterocycles. The molecule has 0 rings (SSSR count). The SMILES string of the molecule is [Li][CH]=C(C)C. The van der Waals surface area contributed by atoms with E-state index in [1.807, 2.05) is 17.7 Å². The molecule has 1 heteroatoms. The van der Waals surface area contributed by atoms with Gasteiger partial charge < -0.3 is 0 Å². The quantitative estimate of drug-likeness (QED) is 0.368. The molecule has 0 radical (unpaired) electrons. The molecule has 0 aliphatic rings. The van der Waals surface area contributed by atoms with Crippen molar-refractivity contribution in [2.45, 2.75) is 13.8 Å². The molecule has 0 N–H and O–H groups in total. The molecular weight excluding hydrogens is 55.0 g/mol. The fraction of sp³-hybridized carbons (Fsp3) is 0.500. The van der Waals surface area contributed by atoms with Crippen LogP contribution in [0.1, 0.15) is 13.8 Å². The molecular formula is C4H7Li. The zero-order valence-electron chi connectivity index (χ0n) is 4.08. The molecule has 0 saturated heterocycles. The van der Waals surface area contributed by atoms with Crippen molar-refractivity contribution in [2.24, 2.45) is 0 Å². The summed E-state index contributed by atoms with van der Waals surface area (Å²) in [4.78, 5) is 0. The number of hydrogen-bond donors (Lipinski definition) is 0. The Morgan fingerprint density at radius 3 is 1.80 bits per heavy atom. The second-order valence-electron chi connectivity index (χ2n) is 1.37. The molecule has 5 heavy (non-hydrogen) atoms. The van der Waals surface area contributed by atoms with Crippen molar-refractivity contribution in [2.75, 3.05) is 0 Å². The van der Waals surface area contributed by atoms with Crippen LogP contribution in [0.15, 0.2) is 10.3 Å². The van der Waals surface area contributed by atoms with E-state index in [4.69, 9.17) is 0 Å². The predicted octanol–water partition coefficient (Wildman–Crippen LogP) is 1.08. The maximum absolute atomic E-state index is 2.08.